The molecule has 2 amide bonds. The van der Waals surface area contributed by atoms with Crippen LogP contribution < -0.4 is 10.6 Å². The number of carbonyl (C=O) groups is 2. The molecule has 2 aromatic carbocycles. The number of hydrogen-bond acceptors (Lipinski definition) is 2. The topological polar surface area (TPSA) is 58.2 Å². The average molecular weight is 391 g/mol. The van der Waals surface area contributed by atoms with E-state index < -0.39 is 30.0 Å². The van der Waals surface area contributed by atoms with Crippen molar-refractivity contribution in [2.45, 2.75) is 12.6 Å². The van der Waals surface area contributed by atoms with Crippen molar-refractivity contribution in [1.82, 2.24) is 0 Å². The molecule has 0 unspecified atom stereocenters. The van der Waals surface area contributed by atoms with Crippen molar-refractivity contribution in [2.75, 3.05) is 10.6 Å². The van der Waals surface area contributed by atoms with Crippen molar-refractivity contribution >= 4 is 46.4 Å². The quantitative estimate of drug-likeness (QED) is 0.723. The van der Waals surface area contributed by atoms with Crippen molar-refractivity contribution in [2.24, 2.45) is 0 Å². The molecule has 25 heavy (non-hydrogen) atoms. The van der Waals surface area contributed by atoms with Gasteiger partial charge >= 0.3 is 6.18 Å². The molecule has 0 aliphatic heterocycles. The van der Waals surface area contributed by atoms with Crippen LogP contribution in [0.25, 0.3) is 0 Å². The lowest BCUT2D eigenvalue weighted by Gasteiger charge is -2.10. The van der Waals surface area contributed by atoms with Gasteiger partial charge in [0.2, 0.25) is 11.8 Å². The van der Waals surface area contributed by atoms with Crippen LogP contribution in [0.4, 0.5) is 24.5 Å². The average Bonchev–Trinajstić information content (AvgIpc) is 2.51. The molecule has 0 aliphatic carbocycles. The maximum atomic E-state index is 12.6. The van der Waals surface area contributed by atoms with E-state index in [0.717, 1.165) is 18.2 Å². The lowest BCUT2D eigenvalue weighted by Crippen LogP contribution is -2.21. The van der Waals surface area contributed by atoms with Gasteiger partial charge in [0, 0.05) is 5.69 Å². The van der Waals surface area contributed by atoms with Crippen molar-refractivity contribution in [3.05, 3.63) is 58.1 Å². The van der Waals surface area contributed by atoms with Gasteiger partial charge in [-0.15, -0.1) is 0 Å². The SMILES string of the molecule is O=C(CC(=O)Nc1cccc(Cl)c1Cl)Nc1cccc(C(F)(F)F)c1. The van der Waals surface area contributed by atoms with E-state index in [0.29, 0.717) is 0 Å². The minimum atomic E-state index is -4.53. The Morgan fingerprint density at radius 2 is 1.60 bits per heavy atom. The van der Waals surface area contributed by atoms with Gasteiger partial charge in [0.25, 0.3) is 0 Å². The van der Waals surface area contributed by atoms with Crippen molar-refractivity contribution in [1.29, 1.82) is 0 Å². The van der Waals surface area contributed by atoms with E-state index in [9.17, 15) is 22.8 Å². The molecule has 2 rings (SSSR count). The van der Waals surface area contributed by atoms with Gasteiger partial charge in [0.1, 0.15) is 6.42 Å². The van der Waals surface area contributed by atoms with E-state index in [2.05, 4.69) is 10.6 Å². The van der Waals surface area contributed by atoms with Crippen LogP contribution in [0.2, 0.25) is 10.0 Å². The van der Waals surface area contributed by atoms with Crippen LogP contribution in [0.15, 0.2) is 42.5 Å². The van der Waals surface area contributed by atoms with E-state index in [-0.39, 0.29) is 21.4 Å². The molecule has 2 N–H and O–H groups in total. The Kier molecular flexibility index (Phi) is 5.92. The highest BCUT2D eigenvalue weighted by molar-refractivity contribution is 6.44. The number of alkyl halides is 3. The number of nitrogens with one attached hydrogen (secondary N) is 2. The molecule has 0 aliphatic rings. The van der Waals surface area contributed by atoms with Gasteiger partial charge in [-0.2, -0.15) is 13.2 Å². The molecule has 0 aromatic heterocycles. The number of hydrogen-bond donors (Lipinski definition) is 2. The standard InChI is InChI=1S/C16H11Cl2F3N2O2/c17-11-5-2-6-12(15(11)18)23-14(25)8-13(24)22-10-4-1-3-9(7-10)16(19,20)21/h1-7H,8H2,(H,22,24)(H,23,25). The number of anilines is 2. The van der Waals surface area contributed by atoms with E-state index in [1.54, 1.807) is 6.07 Å². The summed E-state index contributed by atoms with van der Waals surface area (Å²) >= 11 is 11.7. The molecule has 0 spiro atoms. The lowest BCUT2D eigenvalue weighted by atomic mass is 10.2. The zero-order chi connectivity index (χ0) is 18.6. The predicted molar refractivity (Wildman–Crippen MR) is 89.8 cm³/mol. The van der Waals surface area contributed by atoms with Gasteiger partial charge in [-0.3, -0.25) is 9.59 Å². The van der Waals surface area contributed by atoms with Crippen LogP contribution in [0, 0.1) is 0 Å². The number of amides is 2. The molecule has 0 saturated heterocycles. The zero-order valence-electron chi connectivity index (χ0n) is 12.5. The Labute approximate surface area is 150 Å². The van der Waals surface area contributed by atoms with E-state index in [1.165, 1.54) is 18.2 Å². The van der Waals surface area contributed by atoms with Crippen molar-refractivity contribution < 1.29 is 22.8 Å². The molecule has 9 heteroatoms. The maximum Gasteiger partial charge on any atom is 0.416 e. The number of carbonyl (C=O) groups excluding carboxylic acids is 2. The maximum absolute atomic E-state index is 12.6. The van der Waals surface area contributed by atoms with Crippen LogP contribution in [0.3, 0.4) is 0 Å². The summed E-state index contributed by atoms with van der Waals surface area (Å²) < 4.78 is 37.9. The Morgan fingerprint density at radius 3 is 2.28 bits per heavy atom. The third-order valence-electron chi connectivity index (χ3n) is 3.02. The molecule has 0 atom stereocenters. The Hall–Kier alpha value is -2.25. The first kappa shape index (κ1) is 19.1. The fourth-order valence-electron chi connectivity index (χ4n) is 1.92. The first-order chi connectivity index (χ1) is 11.7. The first-order valence-corrected chi connectivity index (χ1v) is 7.63. The molecule has 0 fully saturated rings. The molecular weight excluding hydrogens is 380 g/mol. The second-order valence-corrected chi connectivity index (χ2v) is 5.74. The monoisotopic (exact) mass is 390 g/mol. The van der Waals surface area contributed by atoms with Gasteiger partial charge in [0.15, 0.2) is 0 Å². The molecule has 0 bridgehead atoms. The fourth-order valence-corrected chi connectivity index (χ4v) is 2.27. The van der Waals surface area contributed by atoms with Crippen molar-refractivity contribution in [3.8, 4) is 0 Å². The van der Waals surface area contributed by atoms with Gasteiger partial charge in [-0.05, 0) is 30.3 Å². The van der Waals surface area contributed by atoms with Gasteiger partial charge in [0.05, 0.1) is 21.3 Å². The number of halogens is 5. The van der Waals surface area contributed by atoms with Gasteiger partial charge in [-0.1, -0.05) is 35.3 Å². The smallest absolute Gasteiger partial charge is 0.326 e. The predicted octanol–water partition coefficient (Wildman–Crippen LogP) is 4.98. The molecule has 0 saturated carbocycles. The van der Waals surface area contributed by atoms with Crippen LogP contribution in [0.1, 0.15) is 12.0 Å². The second-order valence-electron chi connectivity index (χ2n) is 4.95. The minimum Gasteiger partial charge on any atom is -0.326 e. The second kappa shape index (κ2) is 7.76. The highest BCUT2D eigenvalue weighted by Gasteiger charge is 2.30. The summed E-state index contributed by atoms with van der Waals surface area (Å²) in [7, 11) is 0. The van der Waals surface area contributed by atoms with Crippen LogP contribution >= 0.6 is 23.2 Å². The fraction of sp³-hybridized carbons (Fsp3) is 0.125. The van der Waals surface area contributed by atoms with Crippen LogP contribution in [0.5, 0.6) is 0 Å². The molecule has 0 radical (unpaired) electrons. The summed E-state index contributed by atoms with van der Waals surface area (Å²) in [4.78, 5) is 23.7. The first-order valence-electron chi connectivity index (χ1n) is 6.88. The number of benzene rings is 2. The minimum absolute atomic E-state index is 0.0617. The largest absolute Gasteiger partial charge is 0.416 e. The highest BCUT2D eigenvalue weighted by Crippen LogP contribution is 2.31. The van der Waals surface area contributed by atoms with Gasteiger partial charge < -0.3 is 10.6 Å². The molecular formula is C16H11Cl2F3N2O2. The summed E-state index contributed by atoms with van der Waals surface area (Å²) in [5.41, 5.74) is -0.736. The van der Waals surface area contributed by atoms with Gasteiger partial charge in [-0.25, -0.2) is 0 Å². The molecule has 4 nitrogen and oxygen atoms in total. The highest BCUT2D eigenvalue weighted by atomic mass is 35.5. The van der Waals surface area contributed by atoms with E-state index in [4.69, 9.17) is 23.2 Å². The summed E-state index contributed by atoms with van der Waals surface area (Å²) in [5.74, 6) is -1.45. The zero-order valence-corrected chi connectivity index (χ0v) is 14.0. The van der Waals surface area contributed by atoms with E-state index >= 15 is 0 Å². The lowest BCUT2D eigenvalue weighted by molar-refractivity contribution is -0.137. The molecule has 2 aromatic rings. The van der Waals surface area contributed by atoms with Crippen LogP contribution in [-0.4, -0.2) is 11.8 Å². The Morgan fingerprint density at radius 1 is 0.960 bits per heavy atom. The van der Waals surface area contributed by atoms with Crippen LogP contribution in [-0.2, 0) is 15.8 Å². The third kappa shape index (κ3) is 5.37. The summed E-state index contributed by atoms with van der Waals surface area (Å²) in [6, 6.07) is 8.69. The molecule has 132 valence electrons. The van der Waals surface area contributed by atoms with E-state index in [1.807, 2.05) is 0 Å². The third-order valence-corrected chi connectivity index (χ3v) is 3.84. The summed E-state index contributed by atoms with van der Waals surface area (Å²) in [6.07, 6.45) is -5.12. The Bertz CT molecular complexity index is 810. The summed E-state index contributed by atoms with van der Waals surface area (Å²) in [5, 5.41) is 5.00. The number of rotatable bonds is 4. The molecule has 0 heterocycles. The summed E-state index contributed by atoms with van der Waals surface area (Å²) in [6.45, 7) is 0. The Balaban J connectivity index is 1.98. The van der Waals surface area contributed by atoms with Crippen molar-refractivity contribution in [3.63, 3.8) is 0 Å². The normalized spacial score (nSPS) is 11.1.